The molecule has 0 spiro atoms. The largest absolute Gasteiger partial charge is 0.492 e. The molecule has 3 nitrogen and oxygen atoms in total. The van der Waals surface area contributed by atoms with Crippen molar-refractivity contribution in [3.63, 3.8) is 0 Å². The molecule has 0 unspecified atom stereocenters. The first-order valence-corrected chi connectivity index (χ1v) is 7.98. The quantitative estimate of drug-likeness (QED) is 0.826. The van der Waals surface area contributed by atoms with E-state index < -0.39 is 5.97 Å². The third kappa shape index (κ3) is 3.66. The predicted octanol–water partition coefficient (Wildman–Crippen LogP) is 4.07. The lowest BCUT2D eigenvalue weighted by atomic mass is 9.90. The van der Waals surface area contributed by atoms with Gasteiger partial charge >= 0.3 is 5.97 Å². The van der Waals surface area contributed by atoms with E-state index in [-0.39, 0.29) is 0 Å². The molecule has 1 aromatic rings. The van der Waals surface area contributed by atoms with Gasteiger partial charge < -0.3 is 9.84 Å². The van der Waals surface area contributed by atoms with Gasteiger partial charge in [0.15, 0.2) is 0 Å². The molecule has 0 amide bonds. The molecule has 0 radical (unpaired) electrons. The van der Waals surface area contributed by atoms with Gasteiger partial charge in [-0.2, -0.15) is 0 Å². The van der Waals surface area contributed by atoms with Crippen LogP contribution in [0.4, 0.5) is 0 Å². The molecule has 104 valence electrons. The highest BCUT2D eigenvalue weighted by Crippen LogP contribution is 2.30. The topological polar surface area (TPSA) is 46.5 Å². The molecule has 0 bridgehead atoms. The molecular formula is C15H20O3S. The van der Waals surface area contributed by atoms with Crippen molar-refractivity contribution in [2.45, 2.75) is 37.0 Å². The highest BCUT2D eigenvalue weighted by molar-refractivity contribution is 7.98. The third-order valence-corrected chi connectivity index (χ3v) is 4.40. The summed E-state index contributed by atoms with van der Waals surface area (Å²) < 4.78 is 5.79. The smallest absolute Gasteiger partial charge is 0.340 e. The number of hydrogen-bond acceptors (Lipinski definition) is 3. The van der Waals surface area contributed by atoms with Gasteiger partial charge in [-0.25, -0.2) is 4.79 Å². The van der Waals surface area contributed by atoms with Gasteiger partial charge in [-0.1, -0.05) is 25.3 Å². The van der Waals surface area contributed by atoms with Gasteiger partial charge in [0.1, 0.15) is 11.3 Å². The predicted molar refractivity (Wildman–Crippen MR) is 77.3 cm³/mol. The van der Waals surface area contributed by atoms with E-state index in [1.807, 2.05) is 18.4 Å². The SMILES string of the molecule is CSc1cccc(OCC2CCCCC2)c1C(=O)O. The minimum atomic E-state index is -0.913. The second kappa shape index (κ2) is 6.85. The van der Waals surface area contributed by atoms with Gasteiger partial charge in [0.05, 0.1) is 6.61 Å². The van der Waals surface area contributed by atoms with Crippen LogP contribution in [0.5, 0.6) is 5.75 Å². The second-order valence-corrected chi connectivity index (χ2v) is 5.80. The number of aromatic carboxylic acids is 1. The van der Waals surface area contributed by atoms with Crippen LogP contribution in [0, 0.1) is 5.92 Å². The van der Waals surface area contributed by atoms with Gasteiger partial charge in [-0.3, -0.25) is 0 Å². The first-order chi connectivity index (χ1) is 9.22. The Morgan fingerprint density at radius 2 is 2.11 bits per heavy atom. The second-order valence-electron chi connectivity index (χ2n) is 4.95. The Kier molecular flexibility index (Phi) is 5.14. The Labute approximate surface area is 118 Å². The van der Waals surface area contributed by atoms with Crippen molar-refractivity contribution in [1.29, 1.82) is 0 Å². The van der Waals surface area contributed by atoms with Crippen LogP contribution in [0.15, 0.2) is 23.1 Å². The molecular weight excluding hydrogens is 260 g/mol. The van der Waals surface area contributed by atoms with E-state index in [0.717, 1.165) is 4.90 Å². The molecule has 0 saturated heterocycles. The van der Waals surface area contributed by atoms with E-state index in [0.29, 0.717) is 23.8 Å². The van der Waals surface area contributed by atoms with Crippen LogP contribution < -0.4 is 4.74 Å². The van der Waals surface area contributed by atoms with Crippen molar-refractivity contribution in [3.05, 3.63) is 23.8 Å². The summed E-state index contributed by atoms with van der Waals surface area (Å²) in [4.78, 5) is 12.1. The summed E-state index contributed by atoms with van der Waals surface area (Å²) in [6.45, 7) is 0.637. The van der Waals surface area contributed by atoms with Gasteiger partial charge in [0, 0.05) is 4.90 Å². The van der Waals surface area contributed by atoms with Crippen LogP contribution in [-0.4, -0.2) is 23.9 Å². The summed E-state index contributed by atoms with van der Waals surface area (Å²) in [5.41, 5.74) is 0.297. The van der Waals surface area contributed by atoms with Crippen LogP contribution in [-0.2, 0) is 0 Å². The van der Waals surface area contributed by atoms with E-state index in [1.54, 1.807) is 6.07 Å². The lowest BCUT2D eigenvalue weighted by molar-refractivity contribution is 0.0686. The average Bonchev–Trinajstić information content (AvgIpc) is 2.45. The Balaban J connectivity index is 2.08. The molecule has 1 aliphatic carbocycles. The summed E-state index contributed by atoms with van der Waals surface area (Å²) in [6.07, 6.45) is 8.14. The highest BCUT2D eigenvalue weighted by Gasteiger charge is 2.19. The normalized spacial score (nSPS) is 16.3. The lowest BCUT2D eigenvalue weighted by Gasteiger charge is -2.22. The van der Waals surface area contributed by atoms with E-state index in [1.165, 1.54) is 43.9 Å². The number of benzene rings is 1. The Morgan fingerprint density at radius 3 is 2.74 bits per heavy atom. The maximum atomic E-state index is 11.4. The molecule has 0 aromatic heterocycles. The fourth-order valence-electron chi connectivity index (χ4n) is 2.57. The van der Waals surface area contributed by atoms with Crippen molar-refractivity contribution in [2.24, 2.45) is 5.92 Å². The maximum absolute atomic E-state index is 11.4. The van der Waals surface area contributed by atoms with E-state index in [9.17, 15) is 9.90 Å². The summed E-state index contributed by atoms with van der Waals surface area (Å²) in [5.74, 6) is 0.168. The van der Waals surface area contributed by atoms with Crippen molar-refractivity contribution >= 4 is 17.7 Å². The maximum Gasteiger partial charge on any atom is 0.340 e. The number of hydrogen-bond donors (Lipinski definition) is 1. The number of thioether (sulfide) groups is 1. The Bertz CT molecular complexity index is 439. The highest BCUT2D eigenvalue weighted by atomic mass is 32.2. The molecule has 0 aliphatic heterocycles. The van der Waals surface area contributed by atoms with Crippen molar-refractivity contribution in [3.8, 4) is 5.75 Å². The van der Waals surface area contributed by atoms with Crippen LogP contribution in [0.1, 0.15) is 42.5 Å². The Morgan fingerprint density at radius 1 is 1.37 bits per heavy atom. The van der Waals surface area contributed by atoms with Gasteiger partial charge in [0.25, 0.3) is 0 Å². The van der Waals surface area contributed by atoms with E-state index in [4.69, 9.17) is 4.74 Å². The van der Waals surface area contributed by atoms with E-state index in [2.05, 4.69) is 0 Å². The summed E-state index contributed by atoms with van der Waals surface area (Å²) in [6, 6.07) is 5.43. The zero-order valence-corrected chi connectivity index (χ0v) is 12.0. The molecule has 19 heavy (non-hydrogen) atoms. The van der Waals surface area contributed by atoms with Crippen molar-refractivity contribution in [1.82, 2.24) is 0 Å². The van der Waals surface area contributed by atoms with Crippen LogP contribution in [0.25, 0.3) is 0 Å². The lowest BCUT2D eigenvalue weighted by Crippen LogP contribution is -2.16. The number of ether oxygens (including phenoxy) is 1. The molecule has 4 heteroatoms. The molecule has 0 heterocycles. The Hall–Kier alpha value is -1.16. The first kappa shape index (κ1) is 14.3. The molecule has 1 N–H and O–H groups in total. The number of rotatable bonds is 5. The fourth-order valence-corrected chi connectivity index (χ4v) is 3.18. The number of carbonyl (C=O) groups is 1. The molecule has 0 atom stereocenters. The number of carboxylic acid groups (broad SMARTS) is 1. The molecule has 2 rings (SSSR count). The van der Waals surface area contributed by atoms with Crippen LogP contribution in [0.3, 0.4) is 0 Å². The summed E-state index contributed by atoms with van der Waals surface area (Å²) >= 11 is 1.44. The summed E-state index contributed by atoms with van der Waals surface area (Å²) in [5, 5.41) is 9.32. The molecule has 1 aromatic carbocycles. The van der Waals surface area contributed by atoms with Gasteiger partial charge in [-0.15, -0.1) is 11.8 Å². The zero-order chi connectivity index (χ0) is 13.7. The monoisotopic (exact) mass is 280 g/mol. The standard InChI is InChI=1S/C15H20O3S/c1-19-13-9-5-8-12(14(13)15(16)17)18-10-11-6-3-2-4-7-11/h5,8-9,11H,2-4,6-7,10H2,1H3,(H,16,17). The van der Waals surface area contributed by atoms with Crippen molar-refractivity contribution < 1.29 is 14.6 Å². The van der Waals surface area contributed by atoms with Gasteiger partial charge in [-0.05, 0) is 37.1 Å². The van der Waals surface area contributed by atoms with Crippen LogP contribution >= 0.6 is 11.8 Å². The molecule has 1 aliphatic rings. The molecule has 1 saturated carbocycles. The summed E-state index contributed by atoms with van der Waals surface area (Å²) in [7, 11) is 0. The third-order valence-electron chi connectivity index (χ3n) is 3.62. The minimum absolute atomic E-state index is 0.297. The fraction of sp³-hybridized carbons (Fsp3) is 0.533. The minimum Gasteiger partial charge on any atom is -0.492 e. The average molecular weight is 280 g/mol. The zero-order valence-electron chi connectivity index (χ0n) is 11.2. The van der Waals surface area contributed by atoms with Crippen LogP contribution in [0.2, 0.25) is 0 Å². The van der Waals surface area contributed by atoms with E-state index >= 15 is 0 Å². The molecule has 1 fully saturated rings. The van der Waals surface area contributed by atoms with Crippen molar-refractivity contribution in [2.75, 3.05) is 12.9 Å². The van der Waals surface area contributed by atoms with Gasteiger partial charge in [0.2, 0.25) is 0 Å². The first-order valence-electron chi connectivity index (χ1n) is 6.75. The number of carboxylic acids is 1.